The van der Waals surface area contributed by atoms with E-state index in [9.17, 15) is 132 Å². The summed E-state index contributed by atoms with van der Waals surface area (Å²) in [4.78, 5) is 54.3. The number of carbonyl (C=O) groups excluding carboxylic acids is 3. The number of epoxide rings is 1. The average Bonchev–Trinajstić information content (AvgIpc) is 1.53. The lowest BCUT2D eigenvalue weighted by molar-refractivity contribution is -0.607. The Morgan fingerprint density at radius 1 is 0.555 bits per heavy atom. The smallest absolute Gasteiger partial charge is 0.404 e. The first kappa shape index (κ1) is 121. The van der Waals surface area contributed by atoms with Gasteiger partial charge in [-0.2, -0.15) is 4.73 Å². The summed E-state index contributed by atoms with van der Waals surface area (Å²) in [5.41, 5.74) is 9.91. The van der Waals surface area contributed by atoms with E-state index in [0.29, 0.717) is 0 Å². The summed E-state index contributed by atoms with van der Waals surface area (Å²) in [5, 5.41) is 260. The van der Waals surface area contributed by atoms with E-state index >= 15 is 0 Å². The minimum absolute atomic E-state index is 0.00217. The lowest BCUT2D eigenvalue weighted by Crippen LogP contribution is -2.67. The highest BCUT2D eigenvalue weighted by molar-refractivity contribution is 6.49. The van der Waals surface area contributed by atoms with Crippen LogP contribution in [0, 0.1) is 46.6 Å². The molecule has 0 aromatic carbocycles. The van der Waals surface area contributed by atoms with E-state index in [4.69, 9.17) is 122 Å². The third kappa shape index (κ3) is 28.9. The van der Waals surface area contributed by atoms with Gasteiger partial charge >= 0.3 is 23.6 Å². The van der Waals surface area contributed by atoms with Crippen molar-refractivity contribution in [3.63, 3.8) is 0 Å². The first-order chi connectivity index (χ1) is 68.3. The summed E-state index contributed by atoms with van der Waals surface area (Å²) in [7, 11) is 1.42. The number of pyridine rings is 1. The van der Waals surface area contributed by atoms with Crippen LogP contribution in [0.15, 0.2) is 24.4 Å². The van der Waals surface area contributed by atoms with E-state index < -0.39 is 377 Å². The number of aromatic carboxylic acids is 1. The molecule has 52 atom stereocenters. The fraction of sp³-hybridized carbons (Fsp3) is 0.844. The molecule has 21 unspecified atom stereocenters. The number of nitrogens with zero attached hydrogens (tertiary/aromatic N) is 2. The molecule has 11 heterocycles. The second-order valence-corrected chi connectivity index (χ2v) is 42.8. The highest BCUT2D eigenvalue weighted by atomic mass is 35.5. The van der Waals surface area contributed by atoms with Crippen LogP contribution in [0.2, 0.25) is 15.2 Å². The Labute approximate surface area is 860 Å². The molecule has 0 saturated carbocycles. The molecule has 836 valence electrons. The molecule has 0 spiro atoms. The topological polar surface area (TPSA) is 740 Å². The minimum Gasteiger partial charge on any atom is -0.618 e. The van der Waals surface area contributed by atoms with Crippen LogP contribution in [0.1, 0.15) is 218 Å². The molecule has 0 radical (unpaired) electrons. The van der Waals surface area contributed by atoms with Crippen molar-refractivity contribution in [2.75, 3.05) is 5.73 Å². The molecule has 50 heteroatoms. The van der Waals surface area contributed by atoms with E-state index in [0.717, 1.165) is 18.3 Å². The monoisotopic (exact) mass is 2150 g/mol. The van der Waals surface area contributed by atoms with Crippen LogP contribution in [-0.2, 0) is 87.6 Å². The molecular formula is C96H154Cl3N5O42. The zero-order valence-corrected chi connectivity index (χ0v) is 86.6. The number of aromatic nitrogens is 2. The summed E-state index contributed by atoms with van der Waals surface area (Å²) in [6.07, 6.45) is -61.1. The Hall–Kier alpha value is -4.88. The maximum atomic E-state index is 14.2. The number of halogens is 3. The van der Waals surface area contributed by atoms with E-state index in [1.807, 2.05) is 0 Å². The van der Waals surface area contributed by atoms with Gasteiger partial charge in [0.15, 0.2) is 49.7 Å². The molecule has 1 amide bonds. The van der Waals surface area contributed by atoms with Crippen LogP contribution in [0.25, 0.3) is 0 Å². The van der Waals surface area contributed by atoms with Gasteiger partial charge in [0.2, 0.25) is 0 Å². The molecule has 2 aromatic heterocycles. The van der Waals surface area contributed by atoms with Crippen LogP contribution < -0.4 is 21.5 Å². The number of fused-ring (bicyclic) bond motifs is 3. The molecule has 0 aliphatic carbocycles. The third-order valence-corrected chi connectivity index (χ3v) is 32.3. The first-order valence-electron chi connectivity index (χ1n) is 50.3. The molecule has 8 fully saturated rings. The highest BCUT2D eigenvalue weighted by Gasteiger charge is 2.60. The molecule has 2 bridgehead atoms. The number of nitrogens with one attached hydrogen (secondary N) is 1. The average molecular weight is 2160 g/mol. The van der Waals surface area contributed by atoms with E-state index in [-0.39, 0.29) is 96.3 Å². The fourth-order valence-corrected chi connectivity index (χ4v) is 21.7. The van der Waals surface area contributed by atoms with Crippen molar-refractivity contribution in [1.29, 1.82) is 0 Å². The first-order valence-corrected chi connectivity index (χ1v) is 51.4. The summed E-state index contributed by atoms with van der Waals surface area (Å²) < 4.78 is 101. The quantitative estimate of drug-likeness (QED) is 0.0259. The van der Waals surface area contributed by atoms with Gasteiger partial charge in [0.05, 0.1) is 162 Å². The van der Waals surface area contributed by atoms with Crippen LogP contribution in [-0.4, -0.2) is 411 Å². The molecule has 9 aliphatic heterocycles. The standard InChI is InChI=1S/C96H154Cl3N5O42/c1-34-22-23-49(106)27-50(107)26-48(105)18-16-21-62(115)140-80(39(6)74(117)38(5)73(116)35(2)41(8)131-65-32-60(139-92(127)51-24-25-104(130)72(69(51)101)91(125)126)70(43(10)133-65)102-90(124)71-66(97)67(98)89(99)103(71)15)40(7)81-83(143-81)53(109)20-17-19-52(108)36(3)54(110)28-55(111)37(4)59-29-58(114)88(123)96(129,146-59)33-61(34)138-84-76(119)45(12)137-95(78(84)121)145-87-86(142-63-30-56(112)68(100)42(9)132-63)82(47(14)135-93(87)128)144-94-79(122)85(77(120)46(13)136-94)141-64-31-57(113)75(118)44(11)134-64/h16,21,24-25,34-50,52-61,63-65,68,70,73-88,93-95,105-114,116-123,128-129H,17-20,22-23,26-33,100-101H2,1-15H3,(H,102,124)(H,125,126)/t34?,35?,36?,37?,38?,39?,40?,41?,42-,43-,44-,45-,46-,47-,48?,49?,50?,52?,53?,54?,55?,56-,57-,58+,59+,60-,61?,63+,64+,65-,68-,70-,73?,74?,75-,76-,77-,78-,79-,80?,81?,82-,83?,84+,85+,86+,87-,88-,93-,94+,95+,96-/m1/s1. The fourth-order valence-electron chi connectivity index (χ4n) is 20.9. The van der Waals surface area contributed by atoms with E-state index in [2.05, 4.69) is 5.32 Å². The zero-order chi connectivity index (χ0) is 108. The molecule has 146 heavy (non-hydrogen) atoms. The van der Waals surface area contributed by atoms with E-state index in [1.165, 1.54) is 73.1 Å². The normalized spacial score (nSPS) is 44.1. The number of nitrogens with two attached hydrogens (primary N) is 2. The van der Waals surface area contributed by atoms with Gasteiger partial charge in [-0.05, 0) is 112 Å². The Kier molecular flexibility index (Phi) is 43.3. The predicted molar refractivity (Wildman–Crippen MR) is 507 cm³/mol. The van der Waals surface area contributed by atoms with Gasteiger partial charge < -0.3 is 210 Å². The molecule has 2 aromatic rings. The summed E-state index contributed by atoms with van der Waals surface area (Å²) in [5.74, 6) is -14.4. The number of hydrogen-bond acceptors (Lipinski definition) is 43. The number of amides is 1. The van der Waals surface area contributed by atoms with Gasteiger partial charge in [0.1, 0.15) is 102 Å². The number of hydrogen-bond donors (Lipinski definition) is 24. The number of cyclic esters (lactones) is 1. The minimum atomic E-state index is -2.83. The molecular weight excluding hydrogens is 2000 g/mol. The number of carboxylic acids is 1. The number of nitrogen functional groups attached to an aromatic ring is 1. The molecule has 8 saturated heterocycles. The van der Waals surface area contributed by atoms with Crippen molar-refractivity contribution in [3.8, 4) is 0 Å². The number of aliphatic hydroxyl groups excluding tert-OH is 19. The van der Waals surface area contributed by atoms with Gasteiger partial charge in [-0.25, -0.2) is 14.4 Å². The maximum Gasteiger partial charge on any atom is 0.404 e. The van der Waals surface area contributed by atoms with Crippen molar-refractivity contribution < 1.29 is 207 Å². The van der Waals surface area contributed by atoms with Crippen molar-refractivity contribution in [3.05, 3.63) is 61.8 Å². The van der Waals surface area contributed by atoms with Gasteiger partial charge in [0, 0.05) is 86.8 Å². The van der Waals surface area contributed by atoms with Crippen LogP contribution in [0.3, 0.4) is 0 Å². The third-order valence-electron chi connectivity index (χ3n) is 30.9. The van der Waals surface area contributed by atoms with Crippen LogP contribution in [0.4, 0.5) is 5.69 Å². The largest absolute Gasteiger partial charge is 0.618 e. The van der Waals surface area contributed by atoms with Crippen LogP contribution >= 0.6 is 34.8 Å². The zero-order valence-electron chi connectivity index (χ0n) is 84.3. The van der Waals surface area contributed by atoms with Crippen molar-refractivity contribution >= 4 is 64.3 Å². The molecule has 47 nitrogen and oxygen atoms in total. The number of aliphatic hydroxyl groups is 20. The Balaban J connectivity index is 0.791. The molecule has 26 N–H and O–H groups in total. The molecule has 9 aliphatic rings. The van der Waals surface area contributed by atoms with Crippen molar-refractivity contribution in [2.24, 2.45) is 54.2 Å². The SMILES string of the molecule is CC1CCC(O)CC(O)CC(O)CC=CC(=O)OC(C(C)C(O)C(C)C(O)C(C)C(C)O[C@H]2C[C@@H](OC(=O)c3cc[n+]([O-])c(C(=O)O)c3N)[C@H](NC(=O)c3c(Cl)c(Cl)c(Cl)n3C)[C@@H](C)O2)C(C)C2OC2C(O)CCCC(O)C(C)C(O)CC(O)C(C)[C@@H]2C[C@H](O)[C@@H](O)[C@@](O)(CC1O[C@@H]1[C@@H](O)[C@H](O[C@@H]3[C@@H](O[C@H]4C[C@@H](O)[C@H](N)[C@@H](C)O4)[C@H](O[C@@H]4O[C@H](C)[C@@H](O)[C@H](O[C@H]5C[C@@H](O)[C@H](O)[C@@H](C)O5)[C@H]4O)[C@@H](C)O[C@H]3O)O[C@H](C)[C@H]1O)O2. The second kappa shape index (κ2) is 52.1. The number of rotatable bonds is 23. The summed E-state index contributed by atoms with van der Waals surface area (Å²) >= 11 is 19.0. The Bertz CT molecular complexity index is 4520. The number of carbonyl (C=O) groups is 4. The van der Waals surface area contributed by atoms with Gasteiger partial charge in [-0.3, -0.25) is 4.79 Å². The van der Waals surface area contributed by atoms with Gasteiger partial charge in [0.25, 0.3) is 5.91 Å². The summed E-state index contributed by atoms with van der Waals surface area (Å²) in [6.45, 7) is 21.4. The Morgan fingerprint density at radius 2 is 1.13 bits per heavy atom. The summed E-state index contributed by atoms with van der Waals surface area (Å²) in [6, 6.07) is -1.17. The van der Waals surface area contributed by atoms with Crippen molar-refractivity contribution in [2.45, 2.75) is 462 Å². The van der Waals surface area contributed by atoms with Crippen molar-refractivity contribution in [1.82, 2.24) is 9.88 Å². The lowest BCUT2D eigenvalue weighted by Gasteiger charge is -2.51. The Morgan fingerprint density at radius 3 is 1.74 bits per heavy atom. The van der Waals surface area contributed by atoms with Gasteiger partial charge in [-0.1, -0.05) is 89.3 Å². The highest BCUT2D eigenvalue weighted by Crippen LogP contribution is 2.46. The maximum absolute atomic E-state index is 14.2. The number of carboxylic acid groups (broad SMARTS) is 1. The number of ether oxygens (including phenoxy) is 16. The van der Waals surface area contributed by atoms with Crippen LogP contribution in [0.5, 0.6) is 0 Å². The van der Waals surface area contributed by atoms with Gasteiger partial charge in [-0.15, -0.1) is 0 Å². The number of esters is 2. The second-order valence-electron chi connectivity index (χ2n) is 41.7. The molecule has 11 rings (SSSR count). The predicted octanol–water partition coefficient (Wildman–Crippen LogP) is -1.54. The van der Waals surface area contributed by atoms with E-state index in [1.54, 1.807) is 41.5 Å². The number of anilines is 1. The lowest BCUT2D eigenvalue weighted by atomic mass is 9.77.